The van der Waals surface area contributed by atoms with Gasteiger partial charge in [-0.15, -0.1) is 0 Å². The molecule has 3 N–H and O–H groups in total. The van der Waals surface area contributed by atoms with Gasteiger partial charge in [0.05, 0.1) is 11.5 Å². The molecule has 0 heterocycles. The number of rotatable bonds is 5. The summed E-state index contributed by atoms with van der Waals surface area (Å²) >= 11 is 0. The Morgan fingerprint density at radius 1 is 1.33 bits per heavy atom. The zero-order valence-electron chi connectivity index (χ0n) is 11.8. The molecular weight excluding hydrogens is 288 g/mol. The molecule has 0 aliphatic rings. The summed E-state index contributed by atoms with van der Waals surface area (Å²) in [4.78, 5) is 11.9. The third-order valence-electron chi connectivity index (χ3n) is 2.90. The van der Waals surface area contributed by atoms with Crippen LogP contribution in [0.2, 0.25) is 0 Å². The van der Waals surface area contributed by atoms with Crippen molar-refractivity contribution in [2.75, 3.05) is 6.54 Å². The van der Waals surface area contributed by atoms with E-state index in [4.69, 9.17) is 5.73 Å². The van der Waals surface area contributed by atoms with Gasteiger partial charge in [0.15, 0.2) is 0 Å². The average Bonchev–Trinajstić information content (AvgIpc) is 2.35. The van der Waals surface area contributed by atoms with Crippen molar-refractivity contribution in [3.63, 3.8) is 0 Å². The molecule has 1 aromatic carbocycles. The molecule has 1 atom stereocenters. The third kappa shape index (κ3) is 5.00. The highest BCUT2D eigenvalue weighted by Gasteiger charge is 2.34. The SMILES string of the molecule is CC(C)NC(=O)C(CN)Cc1ccc(F)c(C(F)(F)F)c1. The fourth-order valence-corrected chi connectivity index (χ4v) is 1.89. The number of carbonyl (C=O) groups is 1. The maximum Gasteiger partial charge on any atom is 0.419 e. The van der Waals surface area contributed by atoms with E-state index in [1.807, 2.05) is 0 Å². The second-order valence-corrected chi connectivity index (χ2v) is 5.11. The van der Waals surface area contributed by atoms with Crippen LogP contribution in [0.5, 0.6) is 0 Å². The van der Waals surface area contributed by atoms with Crippen LogP contribution in [0.25, 0.3) is 0 Å². The van der Waals surface area contributed by atoms with Crippen LogP contribution in [0, 0.1) is 11.7 Å². The molecule has 0 saturated heterocycles. The first-order chi connectivity index (χ1) is 9.65. The van der Waals surface area contributed by atoms with Crippen molar-refractivity contribution >= 4 is 5.91 Å². The minimum Gasteiger partial charge on any atom is -0.354 e. The predicted octanol–water partition coefficient (Wildman–Crippen LogP) is 2.49. The first-order valence-electron chi connectivity index (χ1n) is 6.51. The highest BCUT2D eigenvalue weighted by atomic mass is 19.4. The molecule has 0 fully saturated rings. The standard InChI is InChI=1S/C14H18F4N2O/c1-8(2)20-13(21)10(7-19)5-9-3-4-12(15)11(6-9)14(16,17)18/h3-4,6,8,10H,5,7,19H2,1-2H3,(H,20,21). The highest BCUT2D eigenvalue weighted by molar-refractivity contribution is 5.79. The number of alkyl halides is 3. The van der Waals surface area contributed by atoms with Crippen molar-refractivity contribution in [1.29, 1.82) is 0 Å². The van der Waals surface area contributed by atoms with E-state index in [1.165, 1.54) is 6.07 Å². The summed E-state index contributed by atoms with van der Waals surface area (Å²) in [6, 6.07) is 2.62. The van der Waals surface area contributed by atoms with Crippen LogP contribution in [0.4, 0.5) is 17.6 Å². The summed E-state index contributed by atoms with van der Waals surface area (Å²) in [6.45, 7) is 3.54. The number of benzene rings is 1. The summed E-state index contributed by atoms with van der Waals surface area (Å²) in [5.41, 5.74) is 4.38. The molecule has 21 heavy (non-hydrogen) atoms. The van der Waals surface area contributed by atoms with Gasteiger partial charge in [-0.2, -0.15) is 13.2 Å². The lowest BCUT2D eigenvalue weighted by atomic mass is 9.96. The molecule has 3 nitrogen and oxygen atoms in total. The number of hydrogen-bond donors (Lipinski definition) is 2. The van der Waals surface area contributed by atoms with Gasteiger partial charge in [-0.25, -0.2) is 4.39 Å². The smallest absolute Gasteiger partial charge is 0.354 e. The van der Waals surface area contributed by atoms with E-state index in [0.717, 1.165) is 12.1 Å². The minimum absolute atomic E-state index is 0.00270. The summed E-state index contributed by atoms with van der Waals surface area (Å²) in [5.74, 6) is -2.31. The van der Waals surface area contributed by atoms with Gasteiger partial charge in [0.25, 0.3) is 0 Å². The van der Waals surface area contributed by atoms with Gasteiger partial charge in [0, 0.05) is 12.6 Å². The lowest BCUT2D eigenvalue weighted by molar-refractivity contribution is -0.140. The summed E-state index contributed by atoms with van der Waals surface area (Å²) < 4.78 is 51.1. The molecule has 0 saturated carbocycles. The fourth-order valence-electron chi connectivity index (χ4n) is 1.89. The second-order valence-electron chi connectivity index (χ2n) is 5.11. The molecule has 1 amide bonds. The Hall–Kier alpha value is -1.63. The Morgan fingerprint density at radius 2 is 1.95 bits per heavy atom. The number of hydrogen-bond acceptors (Lipinski definition) is 2. The van der Waals surface area contributed by atoms with Crippen molar-refractivity contribution < 1.29 is 22.4 Å². The van der Waals surface area contributed by atoms with Crippen molar-refractivity contribution in [2.24, 2.45) is 11.7 Å². The number of carbonyl (C=O) groups excluding carboxylic acids is 1. The molecule has 0 aromatic heterocycles. The quantitative estimate of drug-likeness (QED) is 0.821. The van der Waals surface area contributed by atoms with Crippen molar-refractivity contribution in [3.8, 4) is 0 Å². The van der Waals surface area contributed by atoms with E-state index < -0.39 is 23.5 Å². The van der Waals surface area contributed by atoms with Gasteiger partial charge in [-0.1, -0.05) is 6.07 Å². The molecule has 0 spiro atoms. The van der Waals surface area contributed by atoms with Gasteiger partial charge in [0.2, 0.25) is 5.91 Å². The summed E-state index contributed by atoms with van der Waals surface area (Å²) in [5, 5.41) is 2.66. The average molecular weight is 306 g/mol. The Labute approximate surface area is 120 Å². The van der Waals surface area contributed by atoms with E-state index in [2.05, 4.69) is 5.32 Å². The normalized spacial score (nSPS) is 13.3. The molecule has 0 aliphatic carbocycles. The number of nitrogens with one attached hydrogen (secondary N) is 1. The van der Waals surface area contributed by atoms with Gasteiger partial charge in [-0.05, 0) is 38.0 Å². The maximum absolute atomic E-state index is 13.2. The Balaban J connectivity index is 2.93. The molecule has 0 aliphatic heterocycles. The van der Waals surface area contributed by atoms with Crippen LogP contribution < -0.4 is 11.1 Å². The zero-order valence-corrected chi connectivity index (χ0v) is 11.8. The van der Waals surface area contributed by atoms with Crippen molar-refractivity contribution in [3.05, 3.63) is 35.1 Å². The van der Waals surface area contributed by atoms with Gasteiger partial charge >= 0.3 is 6.18 Å². The van der Waals surface area contributed by atoms with E-state index in [9.17, 15) is 22.4 Å². The zero-order chi connectivity index (χ0) is 16.2. The molecule has 118 valence electrons. The van der Waals surface area contributed by atoms with Crippen LogP contribution in [0.15, 0.2) is 18.2 Å². The van der Waals surface area contributed by atoms with E-state index in [0.29, 0.717) is 0 Å². The monoisotopic (exact) mass is 306 g/mol. The lowest BCUT2D eigenvalue weighted by Crippen LogP contribution is -2.39. The Morgan fingerprint density at radius 3 is 2.43 bits per heavy atom. The third-order valence-corrected chi connectivity index (χ3v) is 2.90. The Bertz CT molecular complexity index is 500. The van der Waals surface area contributed by atoms with Gasteiger partial charge in [-0.3, -0.25) is 4.79 Å². The van der Waals surface area contributed by atoms with E-state index in [1.54, 1.807) is 13.8 Å². The van der Waals surface area contributed by atoms with Crippen LogP contribution >= 0.6 is 0 Å². The number of halogens is 4. The molecule has 0 radical (unpaired) electrons. The summed E-state index contributed by atoms with van der Waals surface area (Å²) in [6.07, 6.45) is -4.74. The highest BCUT2D eigenvalue weighted by Crippen LogP contribution is 2.32. The van der Waals surface area contributed by atoms with Crippen LogP contribution in [-0.4, -0.2) is 18.5 Å². The summed E-state index contributed by atoms with van der Waals surface area (Å²) in [7, 11) is 0. The molecular formula is C14H18F4N2O. The minimum atomic E-state index is -4.77. The van der Waals surface area contributed by atoms with Crippen LogP contribution in [-0.2, 0) is 17.4 Å². The molecule has 7 heteroatoms. The van der Waals surface area contributed by atoms with Crippen molar-refractivity contribution in [1.82, 2.24) is 5.32 Å². The topological polar surface area (TPSA) is 55.1 Å². The number of amides is 1. The maximum atomic E-state index is 13.2. The fraction of sp³-hybridized carbons (Fsp3) is 0.500. The second kappa shape index (κ2) is 6.89. The number of nitrogens with two attached hydrogens (primary N) is 1. The van der Waals surface area contributed by atoms with E-state index in [-0.39, 0.29) is 30.5 Å². The van der Waals surface area contributed by atoms with Crippen molar-refractivity contribution in [2.45, 2.75) is 32.5 Å². The van der Waals surface area contributed by atoms with Crippen LogP contribution in [0.3, 0.4) is 0 Å². The first-order valence-corrected chi connectivity index (χ1v) is 6.51. The molecule has 1 rings (SSSR count). The molecule has 0 bridgehead atoms. The van der Waals surface area contributed by atoms with Crippen LogP contribution in [0.1, 0.15) is 25.0 Å². The largest absolute Gasteiger partial charge is 0.419 e. The van der Waals surface area contributed by atoms with E-state index >= 15 is 0 Å². The Kier molecular flexibility index (Phi) is 5.71. The lowest BCUT2D eigenvalue weighted by Gasteiger charge is -2.18. The first kappa shape index (κ1) is 17.4. The van der Waals surface area contributed by atoms with Gasteiger partial charge < -0.3 is 11.1 Å². The molecule has 1 aromatic rings. The predicted molar refractivity (Wildman–Crippen MR) is 70.9 cm³/mol. The van der Waals surface area contributed by atoms with Gasteiger partial charge in [0.1, 0.15) is 5.82 Å². The molecule has 1 unspecified atom stereocenters.